The zero-order valence-corrected chi connectivity index (χ0v) is 22.4. The van der Waals surface area contributed by atoms with Crippen molar-refractivity contribution in [1.29, 1.82) is 0 Å². The van der Waals surface area contributed by atoms with Crippen LogP contribution in [0.3, 0.4) is 0 Å². The van der Waals surface area contributed by atoms with Crippen molar-refractivity contribution in [3.63, 3.8) is 0 Å². The second kappa shape index (κ2) is 10.0. The van der Waals surface area contributed by atoms with Gasteiger partial charge in [0.25, 0.3) is 11.5 Å². The molecule has 12 nitrogen and oxygen atoms in total. The van der Waals surface area contributed by atoms with Gasteiger partial charge in [-0.15, -0.1) is 11.3 Å². The van der Waals surface area contributed by atoms with Crippen LogP contribution < -0.4 is 21.9 Å². The Kier molecular flexibility index (Phi) is 6.34. The predicted molar refractivity (Wildman–Crippen MR) is 149 cm³/mol. The van der Waals surface area contributed by atoms with E-state index in [1.165, 1.54) is 28.2 Å². The van der Waals surface area contributed by atoms with Crippen LogP contribution in [0.2, 0.25) is 0 Å². The number of nitrogens with zero attached hydrogens (tertiary/aromatic N) is 5. The zero-order valence-electron chi connectivity index (χ0n) is 21.5. The molecule has 2 atom stereocenters. The topological polar surface area (TPSA) is 171 Å². The normalized spacial score (nSPS) is 16.1. The van der Waals surface area contributed by atoms with Crippen LogP contribution in [0.1, 0.15) is 52.1 Å². The molecule has 5 aromatic heterocycles. The summed E-state index contributed by atoms with van der Waals surface area (Å²) in [4.78, 5) is 53.3. The van der Waals surface area contributed by atoms with Gasteiger partial charge in [-0.3, -0.25) is 23.9 Å². The molecule has 202 valence electrons. The van der Waals surface area contributed by atoms with Gasteiger partial charge < -0.3 is 20.9 Å². The van der Waals surface area contributed by atoms with E-state index in [0.29, 0.717) is 36.0 Å². The van der Waals surface area contributed by atoms with E-state index in [0.717, 1.165) is 20.5 Å². The number of aryl methyl sites for hydroxylation is 1. The second-order valence-corrected chi connectivity index (χ2v) is 10.8. The van der Waals surface area contributed by atoms with Crippen LogP contribution in [0.15, 0.2) is 58.2 Å². The number of nitrogens with two attached hydrogens (primary N) is 1. The first-order chi connectivity index (χ1) is 19.3. The Bertz CT molecular complexity index is 1840. The number of aromatic nitrogens is 5. The Hall–Kier alpha value is -4.91. The number of nitrogen functional groups attached to an aromatic ring is 1. The molecule has 0 fully saturated rings. The quantitative estimate of drug-likeness (QED) is 0.283. The van der Waals surface area contributed by atoms with Gasteiger partial charge in [0.2, 0.25) is 11.7 Å². The number of carbonyl (C=O) groups excluding carboxylic acids is 2. The predicted octanol–water partition coefficient (Wildman–Crippen LogP) is 3.41. The summed E-state index contributed by atoms with van der Waals surface area (Å²) < 4.78 is 7.55. The average molecular weight is 557 g/mol. The molecule has 0 saturated carbocycles. The summed E-state index contributed by atoms with van der Waals surface area (Å²) in [6.45, 7) is 4.07. The van der Waals surface area contributed by atoms with Crippen molar-refractivity contribution in [2.45, 2.75) is 38.8 Å². The lowest BCUT2D eigenvalue weighted by Crippen LogP contribution is -2.36. The molecule has 5 aromatic rings. The second-order valence-electron chi connectivity index (χ2n) is 9.63. The number of carbonyl (C=O) groups is 2. The fourth-order valence-electron chi connectivity index (χ4n) is 4.82. The first-order valence-electron chi connectivity index (χ1n) is 12.5. The largest absolute Gasteiger partial charge is 0.384 e. The molecule has 0 unspecified atom stereocenters. The third kappa shape index (κ3) is 4.60. The van der Waals surface area contributed by atoms with Crippen LogP contribution in [0, 0.1) is 6.92 Å². The molecule has 1 aliphatic rings. The summed E-state index contributed by atoms with van der Waals surface area (Å²) in [6.07, 6.45) is 5.03. The van der Waals surface area contributed by atoms with Gasteiger partial charge in [0, 0.05) is 39.3 Å². The van der Waals surface area contributed by atoms with Crippen molar-refractivity contribution >= 4 is 44.7 Å². The number of rotatable bonds is 6. The minimum Gasteiger partial charge on any atom is -0.384 e. The third-order valence-corrected chi connectivity index (χ3v) is 7.90. The summed E-state index contributed by atoms with van der Waals surface area (Å²) >= 11 is 1.51. The molecule has 0 bridgehead atoms. The monoisotopic (exact) mass is 556 g/mol. The van der Waals surface area contributed by atoms with Crippen LogP contribution in [0.25, 0.3) is 21.5 Å². The maximum absolute atomic E-state index is 13.4. The third-order valence-electron chi connectivity index (χ3n) is 6.80. The van der Waals surface area contributed by atoms with Crippen molar-refractivity contribution in [2.75, 3.05) is 11.1 Å². The van der Waals surface area contributed by atoms with Crippen molar-refractivity contribution < 1.29 is 14.1 Å². The number of amides is 2. The summed E-state index contributed by atoms with van der Waals surface area (Å²) in [5, 5.41) is 10.4. The fourth-order valence-corrected chi connectivity index (χ4v) is 5.84. The van der Waals surface area contributed by atoms with Crippen LogP contribution in [0.5, 0.6) is 0 Å². The Morgan fingerprint density at radius 3 is 2.88 bits per heavy atom. The molecular weight excluding hydrogens is 532 g/mol. The van der Waals surface area contributed by atoms with Gasteiger partial charge in [-0.05, 0) is 37.1 Å². The van der Waals surface area contributed by atoms with E-state index in [1.54, 1.807) is 24.5 Å². The fraction of sp³-hybridized carbons (Fsp3) is 0.222. The van der Waals surface area contributed by atoms with Gasteiger partial charge in [0.15, 0.2) is 0 Å². The highest BCUT2D eigenvalue weighted by molar-refractivity contribution is 7.19. The van der Waals surface area contributed by atoms with Gasteiger partial charge in [-0.1, -0.05) is 18.1 Å². The molecule has 0 saturated heterocycles. The Labute approximate surface area is 231 Å². The zero-order chi connectivity index (χ0) is 28.0. The maximum atomic E-state index is 13.4. The standard InChI is InChI=1S/C27H24N8O4S/c1-13-4-3-5-29-23(13)17-8-20(39-34-17)26(37)33-18-12-31-24-14(2)6-19(35(24)27(18)38)25(36)32-11-16-7-15-10-30-22(28)9-21(15)40-16/h3-5,7-10,12,14,19H,6,11H2,1-2H3,(H2,28,30)(H,32,36)(H,33,37)/t14-,19+/m1/s1. The van der Waals surface area contributed by atoms with E-state index >= 15 is 0 Å². The van der Waals surface area contributed by atoms with Crippen molar-refractivity contribution in [2.24, 2.45) is 0 Å². The molecule has 0 spiro atoms. The molecule has 1 aliphatic heterocycles. The molecule has 2 amide bonds. The lowest BCUT2D eigenvalue weighted by atomic mass is 10.1. The minimum atomic E-state index is -0.766. The lowest BCUT2D eigenvalue weighted by molar-refractivity contribution is -0.124. The highest BCUT2D eigenvalue weighted by Gasteiger charge is 2.36. The number of thiophene rings is 1. The first kappa shape index (κ1) is 25.4. The van der Waals surface area contributed by atoms with Gasteiger partial charge in [0.1, 0.15) is 29.1 Å². The Balaban J connectivity index is 1.20. The van der Waals surface area contributed by atoms with E-state index in [-0.39, 0.29) is 23.3 Å². The lowest BCUT2D eigenvalue weighted by Gasteiger charge is -2.15. The minimum absolute atomic E-state index is 0.0674. The number of fused-ring (bicyclic) bond motifs is 2. The van der Waals surface area contributed by atoms with E-state index in [9.17, 15) is 14.4 Å². The molecule has 40 heavy (non-hydrogen) atoms. The van der Waals surface area contributed by atoms with Gasteiger partial charge in [0.05, 0.1) is 18.4 Å². The highest BCUT2D eigenvalue weighted by Crippen LogP contribution is 2.34. The molecule has 6 heterocycles. The number of pyridine rings is 2. The molecule has 4 N–H and O–H groups in total. The van der Waals surface area contributed by atoms with E-state index < -0.39 is 17.5 Å². The van der Waals surface area contributed by atoms with Gasteiger partial charge >= 0.3 is 0 Å². The average Bonchev–Trinajstić information content (AvgIpc) is 3.66. The SMILES string of the molecule is Cc1cccnc1-c1cc(C(=O)Nc2cnc3n(c2=O)[C@H](C(=O)NCc2cc4cnc(N)cc4s2)C[C@H]3C)on1. The molecule has 6 rings (SSSR count). The van der Waals surface area contributed by atoms with Crippen molar-refractivity contribution in [3.8, 4) is 11.4 Å². The molecule has 0 aliphatic carbocycles. The number of hydrogen-bond acceptors (Lipinski definition) is 10. The summed E-state index contributed by atoms with van der Waals surface area (Å²) in [7, 11) is 0. The number of anilines is 2. The van der Waals surface area contributed by atoms with E-state index in [1.807, 2.05) is 26.0 Å². The molecule has 13 heteroatoms. The number of nitrogens with one attached hydrogen (secondary N) is 2. The maximum Gasteiger partial charge on any atom is 0.294 e. The van der Waals surface area contributed by atoms with Crippen LogP contribution in [0.4, 0.5) is 11.5 Å². The first-order valence-corrected chi connectivity index (χ1v) is 13.3. The Morgan fingerprint density at radius 2 is 2.05 bits per heavy atom. The van der Waals surface area contributed by atoms with E-state index in [4.69, 9.17) is 10.3 Å². The van der Waals surface area contributed by atoms with Crippen LogP contribution in [-0.2, 0) is 11.3 Å². The van der Waals surface area contributed by atoms with Crippen LogP contribution in [-0.4, -0.2) is 36.5 Å². The van der Waals surface area contributed by atoms with Crippen molar-refractivity contribution in [3.05, 3.63) is 81.3 Å². The Morgan fingerprint density at radius 1 is 1.20 bits per heavy atom. The summed E-state index contributed by atoms with van der Waals surface area (Å²) in [5.74, 6) is -0.266. The van der Waals surface area contributed by atoms with E-state index in [2.05, 4.69) is 30.7 Å². The summed E-state index contributed by atoms with van der Waals surface area (Å²) in [6, 6.07) is 8.10. The smallest absolute Gasteiger partial charge is 0.294 e. The molecule has 0 radical (unpaired) electrons. The summed E-state index contributed by atoms with van der Waals surface area (Å²) in [5.41, 5.74) is 7.04. The van der Waals surface area contributed by atoms with Crippen molar-refractivity contribution in [1.82, 2.24) is 30.0 Å². The van der Waals surface area contributed by atoms with Gasteiger partial charge in [-0.25, -0.2) is 9.97 Å². The molecular formula is C27H24N8O4S. The number of hydrogen-bond donors (Lipinski definition) is 3. The van der Waals surface area contributed by atoms with Gasteiger partial charge in [-0.2, -0.15) is 0 Å². The van der Waals surface area contributed by atoms with Crippen LogP contribution >= 0.6 is 11.3 Å². The molecule has 0 aromatic carbocycles. The highest BCUT2D eigenvalue weighted by atomic mass is 32.1.